The van der Waals surface area contributed by atoms with Gasteiger partial charge in [-0.2, -0.15) is 0 Å². The van der Waals surface area contributed by atoms with E-state index in [1.165, 1.54) is 6.07 Å². The van der Waals surface area contributed by atoms with Gasteiger partial charge >= 0.3 is 0 Å². The lowest BCUT2D eigenvalue weighted by molar-refractivity contribution is 0.297. The molecule has 8 heteroatoms. The fourth-order valence-corrected chi connectivity index (χ4v) is 4.34. The van der Waals surface area contributed by atoms with Gasteiger partial charge in [-0.25, -0.2) is 18.1 Å². The molecule has 1 N–H and O–H groups in total. The minimum Gasteiger partial charge on any atom is -0.490 e. The van der Waals surface area contributed by atoms with Crippen LogP contribution in [0.3, 0.4) is 0 Å². The van der Waals surface area contributed by atoms with Crippen LogP contribution in [0.4, 0.5) is 0 Å². The van der Waals surface area contributed by atoms with Crippen LogP contribution in [-0.4, -0.2) is 37.7 Å². The fraction of sp³-hybridized carbons (Fsp3) is 0.471. The maximum absolute atomic E-state index is 12.6. The van der Waals surface area contributed by atoms with Gasteiger partial charge in [0.05, 0.1) is 18.1 Å². The van der Waals surface area contributed by atoms with Crippen LogP contribution in [0.5, 0.6) is 11.5 Å². The van der Waals surface area contributed by atoms with Crippen molar-refractivity contribution in [2.24, 2.45) is 5.92 Å². The molecule has 0 bridgehead atoms. The SMILES string of the molecule is O=S(=O)(NCC1CCn2ccnc2C1)c1ccc2c(c1)OCCCO2. The summed E-state index contributed by atoms with van der Waals surface area (Å²) in [4.78, 5) is 4.52. The summed E-state index contributed by atoms with van der Waals surface area (Å²) in [5.74, 6) is 2.35. The molecule has 0 saturated heterocycles. The van der Waals surface area contributed by atoms with Crippen molar-refractivity contribution < 1.29 is 17.9 Å². The van der Waals surface area contributed by atoms with E-state index in [9.17, 15) is 8.42 Å². The molecule has 134 valence electrons. The fourth-order valence-electron chi connectivity index (χ4n) is 3.21. The highest BCUT2D eigenvalue weighted by atomic mass is 32.2. The molecule has 0 aliphatic carbocycles. The number of sulfonamides is 1. The topological polar surface area (TPSA) is 82.5 Å². The molecule has 0 radical (unpaired) electrons. The lowest BCUT2D eigenvalue weighted by Gasteiger charge is -2.23. The molecule has 4 rings (SSSR count). The first-order chi connectivity index (χ1) is 12.1. The number of rotatable bonds is 4. The van der Waals surface area contributed by atoms with E-state index in [2.05, 4.69) is 14.3 Å². The number of fused-ring (bicyclic) bond motifs is 2. The number of hydrogen-bond acceptors (Lipinski definition) is 5. The Balaban J connectivity index is 1.44. The van der Waals surface area contributed by atoms with Crippen LogP contribution in [0.15, 0.2) is 35.5 Å². The van der Waals surface area contributed by atoms with Crippen LogP contribution >= 0.6 is 0 Å². The van der Waals surface area contributed by atoms with Gasteiger partial charge in [-0.3, -0.25) is 0 Å². The van der Waals surface area contributed by atoms with Crippen LogP contribution < -0.4 is 14.2 Å². The molecular formula is C17H21N3O4S. The second kappa shape index (κ2) is 6.68. The molecule has 1 atom stereocenters. The van der Waals surface area contributed by atoms with Crippen molar-refractivity contribution in [3.05, 3.63) is 36.4 Å². The quantitative estimate of drug-likeness (QED) is 0.892. The number of hydrogen-bond donors (Lipinski definition) is 1. The molecule has 2 aromatic rings. The van der Waals surface area contributed by atoms with E-state index in [0.29, 0.717) is 31.3 Å². The third-order valence-electron chi connectivity index (χ3n) is 4.64. The maximum Gasteiger partial charge on any atom is 0.240 e. The molecule has 0 fully saturated rings. The molecule has 25 heavy (non-hydrogen) atoms. The van der Waals surface area contributed by atoms with Crippen molar-refractivity contribution in [2.75, 3.05) is 19.8 Å². The zero-order chi connectivity index (χ0) is 17.3. The van der Waals surface area contributed by atoms with Gasteiger partial charge in [0.25, 0.3) is 0 Å². The molecule has 7 nitrogen and oxygen atoms in total. The minimum atomic E-state index is -3.58. The summed E-state index contributed by atoms with van der Waals surface area (Å²) >= 11 is 0. The zero-order valence-electron chi connectivity index (χ0n) is 13.8. The monoisotopic (exact) mass is 363 g/mol. The van der Waals surface area contributed by atoms with E-state index < -0.39 is 10.0 Å². The largest absolute Gasteiger partial charge is 0.490 e. The van der Waals surface area contributed by atoms with E-state index >= 15 is 0 Å². The summed E-state index contributed by atoms with van der Waals surface area (Å²) in [6.07, 6.45) is 6.27. The number of benzene rings is 1. The third-order valence-corrected chi connectivity index (χ3v) is 6.06. The van der Waals surface area contributed by atoms with Crippen LogP contribution in [-0.2, 0) is 23.0 Å². The summed E-state index contributed by atoms with van der Waals surface area (Å²) < 4.78 is 41.2. The zero-order valence-corrected chi connectivity index (χ0v) is 14.7. The Hall–Kier alpha value is -2.06. The third kappa shape index (κ3) is 3.50. The first-order valence-corrected chi connectivity index (χ1v) is 9.99. The molecule has 2 aliphatic heterocycles. The van der Waals surface area contributed by atoms with Crippen LogP contribution in [0.2, 0.25) is 0 Å². The number of nitrogens with one attached hydrogen (secondary N) is 1. The second-order valence-corrected chi connectivity index (χ2v) is 8.17. The second-order valence-electron chi connectivity index (χ2n) is 6.41. The van der Waals surface area contributed by atoms with Gasteiger partial charge in [-0.05, 0) is 24.5 Å². The van der Waals surface area contributed by atoms with E-state index in [0.717, 1.165) is 31.6 Å². The summed E-state index contributed by atoms with van der Waals surface area (Å²) in [5.41, 5.74) is 0. The number of imidazole rings is 1. The number of aromatic nitrogens is 2. The Kier molecular flexibility index (Phi) is 4.39. The molecule has 2 aliphatic rings. The van der Waals surface area contributed by atoms with E-state index in [4.69, 9.17) is 9.47 Å². The first-order valence-electron chi connectivity index (χ1n) is 8.51. The smallest absolute Gasteiger partial charge is 0.240 e. The normalized spacial score (nSPS) is 19.9. The predicted molar refractivity (Wildman–Crippen MR) is 91.3 cm³/mol. The van der Waals surface area contributed by atoms with Gasteiger partial charge in [0.15, 0.2) is 11.5 Å². The Bertz CT molecular complexity index is 863. The Morgan fingerprint density at radius 2 is 2.08 bits per heavy atom. The summed E-state index contributed by atoms with van der Waals surface area (Å²) in [5, 5.41) is 0. The Labute approximate surface area is 147 Å². The average Bonchev–Trinajstić information content (AvgIpc) is 2.95. The maximum atomic E-state index is 12.6. The van der Waals surface area contributed by atoms with Gasteiger partial charge in [0, 0.05) is 44.4 Å². The summed E-state index contributed by atoms with van der Waals surface area (Å²) in [7, 11) is -3.58. The lowest BCUT2D eigenvalue weighted by Crippen LogP contribution is -2.33. The van der Waals surface area contributed by atoms with Crippen molar-refractivity contribution in [3.8, 4) is 11.5 Å². The van der Waals surface area contributed by atoms with Crippen LogP contribution in [0, 0.1) is 5.92 Å². The van der Waals surface area contributed by atoms with Crippen molar-refractivity contribution in [3.63, 3.8) is 0 Å². The molecule has 0 spiro atoms. The van der Waals surface area contributed by atoms with E-state index in [-0.39, 0.29) is 10.8 Å². The molecule has 0 amide bonds. The molecule has 1 aromatic carbocycles. The van der Waals surface area contributed by atoms with E-state index in [1.54, 1.807) is 18.3 Å². The standard InChI is InChI=1S/C17H21N3O4S/c21-25(22,14-2-3-15-16(11-14)24-9-1-8-23-15)19-12-13-4-6-20-7-5-18-17(20)10-13/h2-3,5,7,11,13,19H,1,4,6,8-10,12H2. The number of nitrogens with zero attached hydrogens (tertiary/aromatic N) is 2. The molecular weight excluding hydrogens is 342 g/mol. The summed E-state index contributed by atoms with van der Waals surface area (Å²) in [6, 6.07) is 4.76. The summed E-state index contributed by atoms with van der Waals surface area (Å²) in [6.45, 7) is 2.39. The highest BCUT2D eigenvalue weighted by molar-refractivity contribution is 7.89. The first kappa shape index (κ1) is 16.4. The van der Waals surface area contributed by atoms with Crippen molar-refractivity contribution in [1.29, 1.82) is 0 Å². The van der Waals surface area contributed by atoms with Crippen molar-refractivity contribution in [2.45, 2.75) is 30.7 Å². The van der Waals surface area contributed by atoms with Crippen molar-refractivity contribution >= 4 is 10.0 Å². The molecule has 1 aromatic heterocycles. The minimum absolute atomic E-state index is 0.203. The van der Waals surface area contributed by atoms with Gasteiger partial charge < -0.3 is 14.0 Å². The van der Waals surface area contributed by atoms with Gasteiger partial charge in [0.1, 0.15) is 5.82 Å². The highest BCUT2D eigenvalue weighted by Gasteiger charge is 2.23. The molecule has 3 heterocycles. The molecule has 1 unspecified atom stereocenters. The Morgan fingerprint density at radius 1 is 1.24 bits per heavy atom. The van der Waals surface area contributed by atoms with Gasteiger partial charge in [-0.1, -0.05) is 0 Å². The highest BCUT2D eigenvalue weighted by Crippen LogP contribution is 2.32. The lowest BCUT2D eigenvalue weighted by atomic mass is 9.98. The average molecular weight is 363 g/mol. The van der Waals surface area contributed by atoms with Gasteiger partial charge in [-0.15, -0.1) is 0 Å². The van der Waals surface area contributed by atoms with Crippen molar-refractivity contribution in [1.82, 2.24) is 14.3 Å². The van der Waals surface area contributed by atoms with Crippen LogP contribution in [0.1, 0.15) is 18.7 Å². The Morgan fingerprint density at radius 3 is 2.96 bits per heavy atom. The predicted octanol–water partition coefficient (Wildman–Crippen LogP) is 1.59. The van der Waals surface area contributed by atoms with Gasteiger partial charge in [0.2, 0.25) is 10.0 Å². The van der Waals surface area contributed by atoms with Crippen LogP contribution in [0.25, 0.3) is 0 Å². The van der Waals surface area contributed by atoms with E-state index in [1.807, 2.05) is 6.20 Å². The number of aryl methyl sites for hydroxylation is 1. The molecule has 0 saturated carbocycles. The number of ether oxygens (including phenoxy) is 2.